The van der Waals surface area contributed by atoms with Crippen molar-refractivity contribution in [2.45, 2.75) is 12.8 Å². The fourth-order valence-corrected chi connectivity index (χ4v) is 2.61. The van der Waals surface area contributed by atoms with Crippen LogP contribution in [0.4, 0.5) is 0 Å². The third-order valence-electron chi connectivity index (χ3n) is 0.825. The standard InChI is InChI=1S/C5H9I/c1-2-4-6-5-3-1/h2,4,6H,1,3,5H2. The summed E-state index contributed by atoms with van der Waals surface area (Å²) in [6.45, 7) is 0. The maximum absolute atomic E-state index is 2.40. The van der Waals surface area contributed by atoms with Crippen molar-refractivity contribution in [1.82, 2.24) is 0 Å². The van der Waals surface area contributed by atoms with Gasteiger partial charge in [0.25, 0.3) is 0 Å². The molecule has 0 aromatic carbocycles. The first-order chi connectivity index (χ1) is 3.00. The Kier molecular flexibility index (Phi) is 2.01. The number of allylic oxidation sites excluding steroid dienone is 1. The van der Waals surface area contributed by atoms with Crippen LogP contribution < -0.4 is 0 Å². The SMILES string of the molecule is C1=C[IH]CCC1. The van der Waals surface area contributed by atoms with E-state index < -0.39 is 0 Å². The molecule has 0 radical (unpaired) electrons. The molecule has 0 fully saturated rings. The van der Waals surface area contributed by atoms with Gasteiger partial charge in [0.1, 0.15) is 0 Å². The van der Waals surface area contributed by atoms with Gasteiger partial charge in [-0.3, -0.25) is 0 Å². The van der Waals surface area contributed by atoms with Crippen LogP contribution in [0.25, 0.3) is 0 Å². The van der Waals surface area contributed by atoms with Crippen LogP contribution in [0.3, 0.4) is 0 Å². The van der Waals surface area contributed by atoms with Crippen molar-refractivity contribution < 1.29 is 0 Å². The molecule has 0 aromatic heterocycles. The average Bonchev–Trinajstić information content (AvgIpc) is 1.72. The van der Waals surface area contributed by atoms with E-state index in [9.17, 15) is 0 Å². The minimum absolute atomic E-state index is 0.391. The molecule has 0 amide bonds. The predicted octanol–water partition coefficient (Wildman–Crippen LogP) is 2.00. The quantitative estimate of drug-likeness (QED) is 0.410. The first-order valence-corrected chi connectivity index (χ1v) is 5.26. The van der Waals surface area contributed by atoms with Gasteiger partial charge in [-0.25, -0.2) is 0 Å². The van der Waals surface area contributed by atoms with E-state index in [2.05, 4.69) is 10.2 Å². The monoisotopic (exact) mass is 196 g/mol. The first-order valence-electron chi connectivity index (χ1n) is 2.27. The molecule has 1 rings (SSSR count). The molecule has 1 heterocycles. The van der Waals surface area contributed by atoms with Crippen molar-refractivity contribution >= 4 is 21.2 Å². The van der Waals surface area contributed by atoms with Crippen LogP contribution in [-0.2, 0) is 0 Å². The minimum atomic E-state index is 0.391. The summed E-state index contributed by atoms with van der Waals surface area (Å²) in [6, 6.07) is 0. The zero-order valence-corrected chi connectivity index (χ0v) is 6.01. The molecule has 0 bridgehead atoms. The van der Waals surface area contributed by atoms with Crippen LogP contribution in [0, 0.1) is 0 Å². The van der Waals surface area contributed by atoms with Gasteiger partial charge in [-0.05, 0) is 0 Å². The molecule has 0 atom stereocenters. The third-order valence-corrected chi connectivity index (χ3v) is 3.42. The second-order valence-corrected chi connectivity index (χ2v) is 4.28. The van der Waals surface area contributed by atoms with Crippen LogP contribution in [0.1, 0.15) is 12.8 Å². The molecule has 0 spiro atoms. The van der Waals surface area contributed by atoms with Crippen LogP contribution in [0.15, 0.2) is 10.2 Å². The first kappa shape index (κ1) is 4.62. The van der Waals surface area contributed by atoms with E-state index in [-0.39, 0.29) is 0 Å². The molecular formula is C5H9I. The van der Waals surface area contributed by atoms with Crippen molar-refractivity contribution in [3.8, 4) is 0 Å². The summed E-state index contributed by atoms with van der Waals surface area (Å²) < 4.78 is 3.94. The van der Waals surface area contributed by atoms with Crippen molar-refractivity contribution in [3.05, 3.63) is 10.2 Å². The van der Waals surface area contributed by atoms with E-state index in [1.54, 1.807) is 4.43 Å². The molecular weight excluding hydrogens is 187 g/mol. The zero-order chi connectivity index (χ0) is 4.24. The number of alkyl halides is 1. The van der Waals surface area contributed by atoms with Crippen molar-refractivity contribution in [3.63, 3.8) is 0 Å². The second kappa shape index (κ2) is 2.61. The summed E-state index contributed by atoms with van der Waals surface area (Å²) in [5.41, 5.74) is 0. The second-order valence-electron chi connectivity index (χ2n) is 1.38. The fourth-order valence-electron chi connectivity index (χ4n) is 0.489. The van der Waals surface area contributed by atoms with Crippen molar-refractivity contribution in [2.75, 3.05) is 4.43 Å². The van der Waals surface area contributed by atoms with Gasteiger partial charge in [-0.2, -0.15) is 0 Å². The molecule has 0 aliphatic carbocycles. The van der Waals surface area contributed by atoms with Gasteiger partial charge in [-0.1, -0.05) is 0 Å². The van der Waals surface area contributed by atoms with Gasteiger partial charge < -0.3 is 0 Å². The maximum atomic E-state index is 2.40. The van der Waals surface area contributed by atoms with Gasteiger partial charge in [0.05, 0.1) is 0 Å². The Morgan fingerprint density at radius 3 is 2.67 bits per heavy atom. The van der Waals surface area contributed by atoms with Crippen molar-refractivity contribution in [2.24, 2.45) is 0 Å². The third kappa shape index (κ3) is 1.29. The van der Waals surface area contributed by atoms with E-state index >= 15 is 0 Å². The normalized spacial score (nSPS) is 22.7. The molecule has 0 unspecified atom stereocenters. The van der Waals surface area contributed by atoms with Crippen LogP contribution in [0.2, 0.25) is 0 Å². The van der Waals surface area contributed by atoms with Crippen LogP contribution in [0.5, 0.6) is 0 Å². The molecule has 0 saturated carbocycles. The molecule has 0 saturated heterocycles. The van der Waals surface area contributed by atoms with Gasteiger partial charge in [0.2, 0.25) is 0 Å². The summed E-state index contributed by atoms with van der Waals surface area (Å²) in [7, 11) is 0. The summed E-state index contributed by atoms with van der Waals surface area (Å²) in [6.07, 6.45) is 5.15. The summed E-state index contributed by atoms with van der Waals surface area (Å²) in [5, 5.41) is 0. The van der Waals surface area contributed by atoms with E-state index in [0.29, 0.717) is 21.2 Å². The molecule has 0 N–H and O–H groups in total. The number of halogens is 1. The van der Waals surface area contributed by atoms with Gasteiger partial charge in [-0.15, -0.1) is 0 Å². The molecule has 0 aromatic rings. The Labute approximate surface area is 48.9 Å². The Morgan fingerprint density at radius 1 is 1.50 bits per heavy atom. The van der Waals surface area contributed by atoms with Crippen molar-refractivity contribution in [1.29, 1.82) is 0 Å². The van der Waals surface area contributed by atoms with Crippen LogP contribution in [-0.4, -0.2) is 4.43 Å². The Bertz CT molecular complexity index is 49.0. The molecule has 0 nitrogen and oxygen atoms in total. The Hall–Kier alpha value is 0.470. The van der Waals surface area contributed by atoms with Gasteiger partial charge >= 0.3 is 48.6 Å². The fraction of sp³-hybridized carbons (Fsp3) is 0.600. The molecule has 1 aliphatic rings. The molecule has 1 aliphatic heterocycles. The van der Waals surface area contributed by atoms with E-state index in [1.165, 1.54) is 12.8 Å². The topological polar surface area (TPSA) is 0 Å². The van der Waals surface area contributed by atoms with Gasteiger partial charge in [0, 0.05) is 0 Å². The summed E-state index contributed by atoms with van der Waals surface area (Å²) in [5.74, 6) is 0. The Morgan fingerprint density at radius 2 is 2.50 bits per heavy atom. The zero-order valence-electron chi connectivity index (χ0n) is 3.68. The summed E-state index contributed by atoms with van der Waals surface area (Å²) >= 11 is 0.391. The summed E-state index contributed by atoms with van der Waals surface area (Å²) in [4.78, 5) is 0. The van der Waals surface area contributed by atoms with Crippen LogP contribution >= 0.6 is 21.2 Å². The van der Waals surface area contributed by atoms with E-state index in [0.717, 1.165) is 0 Å². The molecule has 36 valence electrons. The van der Waals surface area contributed by atoms with Gasteiger partial charge in [0.15, 0.2) is 0 Å². The average molecular weight is 196 g/mol. The number of rotatable bonds is 0. The Balaban J connectivity index is 2.26. The van der Waals surface area contributed by atoms with E-state index in [4.69, 9.17) is 0 Å². The predicted molar refractivity (Wildman–Crippen MR) is 38.7 cm³/mol. The molecule has 1 heteroatoms. The number of hydrogen-bond donors (Lipinski definition) is 0. The molecule has 6 heavy (non-hydrogen) atoms. The van der Waals surface area contributed by atoms with E-state index in [1.807, 2.05) is 0 Å². The number of hydrogen-bond acceptors (Lipinski definition) is 0.